The molecule has 0 spiro atoms. The summed E-state index contributed by atoms with van der Waals surface area (Å²) in [4.78, 5) is 26.5. The fraction of sp³-hybridized carbons (Fsp3) is 0.348. The number of nitrogens with one attached hydrogen (secondary N) is 1. The maximum atomic E-state index is 12.9. The maximum absolute atomic E-state index is 12.9. The number of para-hydroxylation sites is 1. The highest BCUT2D eigenvalue weighted by atomic mass is 16.5. The Hall–Kier alpha value is -3.15. The molecule has 1 aromatic heterocycles. The van der Waals surface area contributed by atoms with Crippen LogP contribution in [0.3, 0.4) is 0 Å². The molecule has 3 atom stereocenters. The van der Waals surface area contributed by atoms with Crippen molar-refractivity contribution in [2.45, 2.75) is 32.1 Å². The fourth-order valence-electron chi connectivity index (χ4n) is 4.94. The molecule has 2 aromatic carbocycles. The van der Waals surface area contributed by atoms with Gasteiger partial charge in [-0.05, 0) is 61.3 Å². The molecular weight excluding hydrogens is 366 g/mol. The van der Waals surface area contributed by atoms with Gasteiger partial charge in [0.25, 0.3) is 5.56 Å². The van der Waals surface area contributed by atoms with Crippen LogP contribution in [-0.2, 0) is 4.79 Å². The number of aromatic nitrogens is 2. The summed E-state index contributed by atoms with van der Waals surface area (Å²) in [5, 5.41) is 5.37. The minimum Gasteiger partial charge on any atom is -0.437 e. The molecular formula is C23H23N3O3. The average Bonchev–Trinajstić information content (AvgIpc) is 3.35. The predicted molar refractivity (Wildman–Crippen MR) is 110 cm³/mol. The third kappa shape index (κ3) is 3.50. The number of amides is 1. The number of fused-ring (bicyclic) bond motifs is 3. The van der Waals surface area contributed by atoms with Crippen LogP contribution in [0.4, 0.5) is 0 Å². The molecule has 2 aliphatic carbocycles. The van der Waals surface area contributed by atoms with Crippen LogP contribution in [0.5, 0.6) is 11.6 Å². The summed E-state index contributed by atoms with van der Waals surface area (Å²) in [6.45, 7) is 0. The zero-order valence-corrected chi connectivity index (χ0v) is 16.1. The molecule has 6 heteroatoms. The number of carbonyl (C=O) groups is 1. The van der Waals surface area contributed by atoms with Gasteiger partial charge in [0.05, 0.1) is 10.8 Å². The van der Waals surface area contributed by atoms with Gasteiger partial charge >= 0.3 is 0 Å². The van der Waals surface area contributed by atoms with Gasteiger partial charge in [-0.3, -0.25) is 9.59 Å². The van der Waals surface area contributed by atoms with E-state index in [0.717, 1.165) is 17.1 Å². The molecule has 1 N–H and O–H groups in total. The minimum atomic E-state index is -0.359. The van der Waals surface area contributed by atoms with Crippen LogP contribution in [0.25, 0.3) is 10.8 Å². The molecule has 2 saturated carbocycles. The van der Waals surface area contributed by atoms with Gasteiger partial charge in [0, 0.05) is 6.42 Å². The summed E-state index contributed by atoms with van der Waals surface area (Å²) in [5.74, 6) is 2.59. The average molecular weight is 389 g/mol. The van der Waals surface area contributed by atoms with Crippen LogP contribution in [0.2, 0.25) is 0 Å². The monoisotopic (exact) mass is 389 g/mol. The third-order valence-corrected chi connectivity index (χ3v) is 6.29. The topological polar surface area (TPSA) is 73.2 Å². The molecule has 6 nitrogen and oxygen atoms in total. The molecule has 5 rings (SSSR count). The summed E-state index contributed by atoms with van der Waals surface area (Å²) < 4.78 is 5.92. The van der Waals surface area contributed by atoms with E-state index in [1.807, 2.05) is 36.4 Å². The van der Waals surface area contributed by atoms with Crippen LogP contribution < -0.4 is 15.7 Å². The van der Waals surface area contributed by atoms with Gasteiger partial charge in [-0.1, -0.05) is 36.8 Å². The van der Waals surface area contributed by atoms with Crippen molar-refractivity contribution in [3.05, 3.63) is 65.0 Å². The number of benzene rings is 2. The number of nitrogens with zero attached hydrogens (tertiary/aromatic N) is 2. The van der Waals surface area contributed by atoms with E-state index < -0.39 is 0 Å². The van der Waals surface area contributed by atoms with Gasteiger partial charge in [0.2, 0.25) is 11.8 Å². The van der Waals surface area contributed by atoms with Crippen molar-refractivity contribution >= 4 is 16.7 Å². The SMILES string of the molecule is O=C(C[C@H]1C[C@@H]2CC[C@H]1C2)Nn1nc(Oc2ccccc2)c2ccccc2c1=O. The van der Waals surface area contributed by atoms with Crippen LogP contribution >= 0.6 is 0 Å². The second kappa shape index (κ2) is 7.35. The zero-order valence-electron chi connectivity index (χ0n) is 16.1. The minimum absolute atomic E-state index is 0.168. The Morgan fingerprint density at radius 3 is 2.52 bits per heavy atom. The van der Waals surface area contributed by atoms with Crippen molar-refractivity contribution in [2.75, 3.05) is 5.43 Å². The van der Waals surface area contributed by atoms with Crippen molar-refractivity contribution in [1.29, 1.82) is 0 Å². The smallest absolute Gasteiger partial charge is 0.294 e. The van der Waals surface area contributed by atoms with Crippen LogP contribution in [0, 0.1) is 17.8 Å². The van der Waals surface area contributed by atoms with Gasteiger partial charge in [-0.15, -0.1) is 9.89 Å². The van der Waals surface area contributed by atoms with E-state index >= 15 is 0 Å². The first-order chi connectivity index (χ1) is 14.2. The zero-order chi connectivity index (χ0) is 19.8. The molecule has 3 aromatic rings. The summed E-state index contributed by atoms with van der Waals surface area (Å²) in [5.41, 5.74) is 2.33. The molecule has 0 unspecified atom stereocenters. The van der Waals surface area contributed by atoms with Crippen LogP contribution in [-0.4, -0.2) is 15.8 Å². The molecule has 2 fully saturated rings. The molecule has 148 valence electrons. The van der Waals surface area contributed by atoms with Gasteiger partial charge in [0.15, 0.2) is 0 Å². The highest BCUT2D eigenvalue weighted by Gasteiger charge is 2.40. The van der Waals surface area contributed by atoms with Crippen molar-refractivity contribution in [2.24, 2.45) is 17.8 Å². The number of carbonyl (C=O) groups excluding carboxylic acids is 1. The molecule has 1 heterocycles. The first-order valence-corrected chi connectivity index (χ1v) is 10.2. The van der Waals surface area contributed by atoms with Crippen molar-refractivity contribution in [3.63, 3.8) is 0 Å². The molecule has 2 bridgehead atoms. The highest BCUT2D eigenvalue weighted by Crippen LogP contribution is 2.49. The van der Waals surface area contributed by atoms with E-state index in [1.54, 1.807) is 18.2 Å². The van der Waals surface area contributed by atoms with Gasteiger partial charge < -0.3 is 4.74 Å². The summed E-state index contributed by atoms with van der Waals surface area (Å²) in [6, 6.07) is 16.4. The van der Waals surface area contributed by atoms with Crippen molar-refractivity contribution in [1.82, 2.24) is 9.89 Å². The van der Waals surface area contributed by atoms with Crippen molar-refractivity contribution in [3.8, 4) is 11.6 Å². The van der Waals surface area contributed by atoms with E-state index in [2.05, 4.69) is 10.5 Å². The first kappa shape index (κ1) is 17.9. The van der Waals surface area contributed by atoms with Gasteiger partial charge in [-0.25, -0.2) is 5.43 Å². The molecule has 29 heavy (non-hydrogen) atoms. The normalized spacial score (nSPS) is 22.7. The molecule has 0 aliphatic heterocycles. The van der Waals surface area contributed by atoms with E-state index in [4.69, 9.17) is 4.74 Å². The number of hydrogen-bond acceptors (Lipinski definition) is 4. The predicted octanol–water partition coefficient (Wildman–Crippen LogP) is 4.09. The van der Waals surface area contributed by atoms with E-state index in [-0.39, 0.29) is 17.3 Å². The molecule has 0 radical (unpaired) electrons. The van der Waals surface area contributed by atoms with Crippen LogP contribution in [0.15, 0.2) is 59.4 Å². The Bertz CT molecular complexity index is 1110. The third-order valence-electron chi connectivity index (χ3n) is 6.29. The lowest BCUT2D eigenvalue weighted by Gasteiger charge is -2.21. The second-order valence-corrected chi connectivity index (χ2v) is 8.16. The standard InChI is InChI=1S/C23H23N3O3/c27-21(14-17-13-15-10-11-16(17)12-15)24-26-23(28)20-9-5-4-8-19(20)22(25-26)29-18-6-2-1-3-7-18/h1-9,15-17H,10-14H2,(H,24,27)/t15-,16+,17-/m1/s1. The Morgan fingerprint density at radius 1 is 1.03 bits per heavy atom. The largest absolute Gasteiger partial charge is 0.437 e. The lowest BCUT2D eigenvalue weighted by Crippen LogP contribution is -2.36. The highest BCUT2D eigenvalue weighted by molar-refractivity contribution is 5.87. The Labute approximate surface area is 168 Å². The van der Waals surface area contributed by atoms with Crippen molar-refractivity contribution < 1.29 is 9.53 Å². The van der Waals surface area contributed by atoms with Gasteiger partial charge in [-0.2, -0.15) is 0 Å². The molecule has 1 amide bonds. The number of hydrogen-bond donors (Lipinski definition) is 1. The Morgan fingerprint density at radius 2 is 1.79 bits per heavy atom. The Balaban J connectivity index is 1.43. The van der Waals surface area contributed by atoms with Gasteiger partial charge in [0.1, 0.15) is 5.75 Å². The van der Waals surface area contributed by atoms with Crippen LogP contribution in [0.1, 0.15) is 32.1 Å². The molecule has 2 aliphatic rings. The quantitative estimate of drug-likeness (QED) is 0.713. The Kier molecular flexibility index (Phi) is 4.54. The number of ether oxygens (including phenoxy) is 1. The van der Waals surface area contributed by atoms with E-state index in [9.17, 15) is 9.59 Å². The van der Waals surface area contributed by atoms with E-state index in [1.165, 1.54) is 19.3 Å². The molecule has 0 saturated heterocycles. The summed E-state index contributed by atoms with van der Waals surface area (Å²) in [6.07, 6.45) is 5.35. The fourth-order valence-corrected chi connectivity index (χ4v) is 4.94. The first-order valence-electron chi connectivity index (χ1n) is 10.2. The summed E-state index contributed by atoms with van der Waals surface area (Å²) in [7, 11) is 0. The lowest BCUT2D eigenvalue weighted by atomic mass is 9.86. The lowest BCUT2D eigenvalue weighted by molar-refractivity contribution is -0.118. The van der Waals surface area contributed by atoms with E-state index in [0.29, 0.717) is 34.8 Å². The summed E-state index contributed by atoms with van der Waals surface area (Å²) >= 11 is 0. The number of rotatable bonds is 5. The second-order valence-electron chi connectivity index (χ2n) is 8.16. The maximum Gasteiger partial charge on any atom is 0.294 e.